The molecule has 0 amide bonds. The molecule has 21 heavy (non-hydrogen) atoms. The van der Waals surface area contributed by atoms with Gasteiger partial charge in [-0.1, -0.05) is 26.7 Å². The number of nitrogens with one attached hydrogen (secondary N) is 1. The molecule has 1 unspecified atom stereocenters. The van der Waals surface area contributed by atoms with Crippen LogP contribution in [0.4, 0.5) is 5.69 Å². The Labute approximate surface area is 128 Å². The Balaban J connectivity index is 2.39. The first-order valence-electron chi connectivity index (χ1n) is 7.85. The molecule has 0 heterocycles. The molecule has 0 bridgehead atoms. The third-order valence-electron chi connectivity index (χ3n) is 3.41. The van der Waals surface area contributed by atoms with Crippen LogP contribution in [0.25, 0.3) is 0 Å². The first-order chi connectivity index (χ1) is 10.1. The summed E-state index contributed by atoms with van der Waals surface area (Å²) in [6.07, 6.45) is 4.64. The number of hydrogen-bond donors (Lipinski definition) is 2. The van der Waals surface area contributed by atoms with E-state index >= 15 is 0 Å². The Hall–Kier alpha value is -1.55. The highest BCUT2D eigenvalue weighted by Crippen LogP contribution is 2.08. The molecule has 0 radical (unpaired) electrons. The molecular formula is C17H28N2O2. The highest BCUT2D eigenvalue weighted by Gasteiger charge is 2.13. The summed E-state index contributed by atoms with van der Waals surface area (Å²) in [7, 11) is 0. The lowest BCUT2D eigenvalue weighted by molar-refractivity contribution is 0.0465. The van der Waals surface area contributed by atoms with Crippen LogP contribution in [0.2, 0.25) is 0 Å². The average Bonchev–Trinajstić information content (AvgIpc) is 2.46. The summed E-state index contributed by atoms with van der Waals surface area (Å²) >= 11 is 0. The van der Waals surface area contributed by atoms with Crippen molar-refractivity contribution in [3.8, 4) is 0 Å². The van der Waals surface area contributed by atoms with Crippen molar-refractivity contribution in [3.63, 3.8) is 0 Å². The monoisotopic (exact) mass is 292 g/mol. The smallest absolute Gasteiger partial charge is 0.338 e. The topological polar surface area (TPSA) is 64.3 Å². The summed E-state index contributed by atoms with van der Waals surface area (Å²) < 4.78 is 5.34. The minimum absolute atomic E-state index is 0.158. The van der Waals surface area contributed by atoms with Crippen LogP contribution in [0.5, 0.6) is 0 Å². The van der Waals surface area contributed by atoms with Gasteiger partial charge in [-0.3, -0.25) is 0 Å². The van der Waals surface area contributed by atoms with Crippen molar-refractivity contribution in [1.82, 2.24) is 5.32 Å². The van der Waals surface area contributed by atoms with Gasteiger partial charge in [-0.05, 0) is 44.0 Å². The second kappa shape index (κ2) is 9.40. The summed E-state index contributed by atoms with van der Waals surface area (Å²) in [5.74, 6) is -0.300. The van der Waals surface area contributed by atoms with E-state index in [1.807, 2.05) is 0 Å². The SMILES string of the molecule is CCCC(CCC)NC(C)COC(=O)c1ccc(N)cc1. The molecule has 1 aromatic rings. The molecule has 4 nitrogen and oxygen atoms in total. The zero-order chi connectivity index (χ0) is 15.7. The number of nitrogen functional groups attached to an aromatic ring is 1. The van der Waals surface area contributed by atoms with E-state index in [-0.39, 0.29) is 12.0 Å². The predicted molar refractivity (Wildman–Crippen MR) is 87.3 cm³/mol. The zero-order valence-corrected chi connectivity index (χ0v) is 13.4. The summed E-state index contributed by atoms with van der Waals surface area (Å²) in [6.45, 7) is 6.81. The Morgan fingerprint density at radius 1 is 1.19 bits per heavy atom. The maximum Gasteiger partial charge on any atom is 0.338 e. The van der Waals surface area contributed by atoms with Crippen LogP contribution in [-0.2, 0) is 4.74 Å². The second-order valence-corrected chi connectivity index (χ2v) is 5.56. The van der Waals surface area contributed by atoms with E-state index in [4.69, 9.17) is 10.5 Å². The molecule has 0 fully saturated rings. The summed E-state index contributed by atoms with van der Waals surface area (Å²) in [4.78, 5) is 11.9. The van der Waals surface area contributed by atoms with Crippen LogP contribution in [0.1, 0.15) is 56.8 Å². The van der Waals surface area contributed by atoms with Crippen molar-refractivity contribution >= 4 is 11.7 Å². The van der Waals surface area contributed by atoms with E-state index in [0.29, 0.717) is 23.9 Å². The Bertz CT molecular complexity index is 411. The van der Waals surface area contributed by atoms with Gasteiger partial charge in [0.05, 0.1) is 5.56 Å². The van der Waals surface area contributed by atoms with Crippen LogP contribution >= 0.6 is 0 Å². The third kappa shape index (κ3) is 6.63. The Morgan fingerprint density at radius 2 is 1.76 bits per heavy atom. The van der Waals surface area contributed by atoms with Crippen LogP contribution in [0.3, 0.4) is 0 Å². The van der Waals surface area contributed by atoms with Gasteiger partial charge in [0.25, 0.3) is 0 Å². The van der Waals surface area contributed by atoms with Crippen molar-refractivity contribution in [2.75, 3.05) is 12.3 Å². The van der Waals surface area contributed by atoms with Gasteiger partial charge in [-0.2, -0.15) is 0 Å². The van der Waals surface area contributed by atoms with E-state index in [9.17, 15) is 4.79 Å². The number of nitrogens with two attached hydrogens (primary N) is 1. The van der Waals surface area contributed by atoms with E-state index < -0.39 is 0 Å². The van der Waals surface area contributed by atoms with Gasteiger partial charge in [0.15, 0.2) is 0 Å². The minimum Gasteiger partial charge on any atom is -0.460 e. The molecule has 0 saturated carbocycles. The number of carbonyl (C=O) groups is 1. The molecule has 1 aromatic carbocycles. The van der Waals surface area contributed by atoms with E-state index in [2.05, 4.69) is 26.1 Å². The van der Waals surface area contributed by atoms with Gasteiger partial charge in [-0.15, -0.1) is 0 Å². The lowest BCUT2D eigenvalue weighted by Crippen LogP contribution is -2.39. The van der Waals surface area contributed by atoms with Crippen LogP contribution in [0, 0.1) is 0 Å². The minimum atomic E-state index is -0.300. The number of benzene rings is 1. The first kappa shape index (κ1) is 17.5. The number of rotatable bonds is 9. The molecule has 0 aliphatic heterocycles. The summed E-state index contributed by atoms with van der Waals surface area (Å²) in [5.41, 5.74) is 6.78. The second-order valence-electron chi connectivity index (χ2n) is 5.56. The van der Waals surface area contributed by atoms with Crippen molar-refractivity contribution in [2.24, 2.45) is 0 Å². The lowest BCUT2D eigenvalue weighted by atomic mass is 10.1. The Kier molecular flexibility index (Phi) is 7.83. The molecule has 0 spiro atoms. The first-order valence-corrected chi connectivity index (χ1v) is 7.85. The highest BCUT2D eigenvalue weighted by molar-refractivity contribution is 5.89. The van der Waals surface area contributed by atoms with Gasteiger partial charge >= 0.3 is 5.97 Å². The number of hydrogen-bond acceptors (Lipinski definition) is 4. The molecule has 1 rings (SSSR count). The van der Waals surface area contributed by atoms with Crippen LogP contribution in [-0.4, -0.2) is 24.7 Å². The summed E-state index contributed by atoms with van der Waals surface area (Å²) in [5, 5.41) is 3.54. The molecule has 0 aliphatic carbocycles. The molecule has 118 valence electrons. The molecule has 3 N–H and O–H groups in total. The largest absolute Gasteiger partial charge is 0.460 e. The standard InChI is InChI=1S/C17H28N2O2/c1-4-6-16(7-5-2)19-13(3)12-21-17(20)14-8-10-15(18)11-9-14/h8-11,13,16,19H,4-7,12,18H2,1-3H3. The molecular weight excluding hydrogens is 264 g/mol. The lowest BCUT2D eigenvalue weighted by Gasteiger charge is -2.22. The number of esters is 1. The maximum absolute atomic E-state index is 11.9. The molecule has 4 heteroatoms. The third-order valence-corrected chi connectivity index (χ3v) is 3.41. The Morgan fingerprint density at radius 3 is 2.29 bits per heavy atom. The van der Waals surface area contributed by atoms with Crippen molar-refractivity contribution in [2.45, 2.75) is 58.5 Å². The molecule has 0 aromatic heterocycles. The number of anilines is 1. The number of carbonyl (C=O) groups excluding carboxylic acids is 1. The van der Waals surface area contributed by atoms with Crippen molar-refractivity contribution in [3.05, 3.63) is 29.8 Å². The molecule has 0 saturated heterocycles. The van der Waals surface area contributed by atoms with Gasteiger partial charge < -0.3 is 15.8 Å². The molecule has 0 aliphatic rings. The van der Waals surface area contributed by atoms with Gasteiger partial charge in [-0.25, -0.2) is 4.79 Å². The quantitative estimate of drug-likeness (QED) is 0.541. The van der Waals surface area contributed by atoms with Crippen molar-refractivity contribution < 1.29 is 9.53 Å². The van der Waals surface area contributed by atoms with Gasteiger partial charge in [0, 0.05) is 17.8 Å². The molecule has 1 atom stereocenters. The normalized spacial score (nSPS) is 12.4. The van der Waals surface area contributed by atoms with Gasteiger partial charge in [0.1, 0.15) is 6.61 Å². The average molecular weight is 292 g/mol. The maximum atomic E-state index is 11.9. The fraction of sp³-hybridized carbons (Fsp3) is 0.588. The summed E-state index contributed by atoms with van der Waals surface area (Å²) in [6, 6.07) is 7.45. The highest BCUT2D eigenvalue weighted by atomic mass is 16.5. The van der Waals surface area contributed by atoms with Crippen LogP contribution in [0.15, 0.2) is 24.3 Å². The predicted octanol–water partition coefficient (Wildman–Crippen LogP) is 3.37. The fourth-order valence-electron chi connectivity index (χ4n) is 2.36. The zero-order valence-electron chi connectivity index (χ0n) is 13.4. The number of ether oxygens (including phenoxy) is 1. The fourth-order valence-corrected chi connectivity index (χ4v) is 2.36. The van der Waals surface area contributed by atoms with E-state index in [1.54, 1.807) is 24.3 Å². The van der Waals surface area contributed by atoms with Gasteiger partial charge in [0.2, 0.25) is 0 Å². The van der Waals surface area contributed by atoms with E-state index in [1.165, 1.54) is 0 Å². The van der Waals surface area contributed by atoms with E-state index in [0.717, 1.165) is 25.7 Å². The van der Waals surface area contributed by atoms with Crippen LogP contribution < -0.4 is 11.1 Å². The van der Waals surface area contributed by atoms with Crippen molar-refractivity contribution in [1.29, 1.82) is 0 Å².